The summed E-state index contributed by atoms with van der Waals surface area (Å²) in [5.74, 6) is 0.311. The number of carbonyl (C=O) groups is 1. The topological polar surface area (TPSA) is 142 Å². The van der Waals surface area contributed by atoms with Crippen LogP contribution in [0.5, 0.6) is 0 Å². The Morgan fingerprint density at radius 1 is 1.17 bits per heavy atom. The van der Waals surface area contributed by atoms with Gasteiger partial charge in [0.2, 0.25) is 0 Å². The summed E-state index contributed by atoms with van der Waals surface area (Å²) in [6.45, 7) is 4.06. The lowest BCUT2D eigenvalue weighted by Crippen LogP contribution is -2.26. The average Bonchev–Trinajstić information content (AvgIpc) is 3.19. The molecule has 0 bridgehead atoms. The minimum absolute atomic E-state index is 0.108. The Hall–Kier alpha value is -3.91. The number of H-pyrrole nitrogens is 1. The number of nitrogens with one attached hydrogen (secondary N) is 2. The Morgan fingerprint density at radius 2 is 1.86 bits per heavy atom. The average molecular weight is 390 g/mol. The van der Waals surface area contributed by atoms with Gasteiger partial charge in [0.15, 0.2) is 5.82 Å². The molecule has 0 spiro atoms. The number of fused-ring (bicyclic) bond motifs is 1. The van der Waals surface area contributed by atoms with Crippen LogP contribution in [0.25, 0.3) is 22.3 Å². The molecule has 0 atom stereocenters. The molecule has 8 heteroatoms. The van der Waals surface area contributed by atoms with Gasteiger partial charge in [-0.3, -0.25) is 4.79 Å². The molecule has 0 saturated carbocycles. The molecule has 2 aromatic carbocycles. The first kappa shape index (κ1) is 19.8. The van der Waals surface area contributed by atoms with E-state index >= 15 is 0 Å². The van der Waals surface area contributed by atoms with Crippen LogP contribution >= 0.6 is 0 Å². The Bertz CT molecular complexity index is 1060. The van der Waals surface area contributed by atoms with Crippen LogP contribution in [0, 0.1) is 0 Å². The highest BCUT2D eigenvalue weighted by Gasteiger charge is 2.08. The number of rotatable bonds is 7. The standard InChI is InChI=1S/C21H22N6O2/c1-13(14-6-8-15(9-7-14)21(29)24-10-11-28)12-25-19(23)18(22)20-26-16-4-2-3-5-17(16)27-20/h2-9,12,28H,1,10-11,22-23H2,(H,24,29)(H,26,27)/b19-18-,25-12-. The van der Waals surface area contributed by atoms with E-state index in [1.807, 2.05) is 24.3 Å². The number of hydrogen-bond acceptors (Lipinski definition) is 6. The largest absolute Gasteiger partial charge is 0.395 e. The van der Waals surface area contributed by atoms with Crippen molar-refractivity contribution in [3.05, 3.63) is 77.9 Å². The van der Waals surface area contributed by atoms with Gasteiger partial charge < -0.3 is 26.9 Å². The van der Waals surface area contributed by atoms with Crippen LogP contribution in [0.15, 0.2) is 65.9 Å². The molecule has 0 radical (unpaired) electrons. The molecule has 0 aliphatic rings. The zero-order valence-electron chi connectivity index (χ0n) is 15.7. The Labute approximate surface area is 167 Å². The van der Waals surface area contributed by atoms with Gasteiger partial charge in [0.25, 0.3) is 5.91 Å². The lowest BCUT2D eigenvalue weighted by Gasteiger charge is -2.05. The fraction of sp³-hybridized carbons (Fsp3) is 0.0952. The third-order valence-corrected chi connectivity index (χ3v) is 4.20. The number of nitrogens with zero attached hydrogens (tertiary/aromatic N) is 2. The van der Waals surface area contributed by atoms with Crippen LogP contribution in [0.4, 0.5) is 0 Å². The van der Waals surface area contributed by atoms with Crippen LogP contribution < -0.4 is 16.8 Å². The van der Waals surface area contributed by atoms with Crippen LogP contribution in [0.3, 0.4) is 0 Å². The number of carbonyl (C=O) groups excluding carboxylic acids is 1. The third-order valence-electron chi connectivity index (χ3n) is 4.20. The second kappa shape index (κ2) is 8.85. The molecule has 0 fully saturated rings. The molecule has 1 heterocycles. The molecule has 1 aromatic heterocycles. The fourth-order valence-corrected chi connectivity index (χ4v) is 2.60. The van der Waals surface area contributed by atoms with Gasteiger partial charge in [-0.05, 0) is 35.4 Å². The van der Waals surface area contributed by atoms with Gasteiger partial charge in [0, 0.05) is 18.3 Å². The second-order valence-electron chi connectivity index (χ2n) is 6.24. The van der Waals surface area contributed by atoms with Crippen molar-refractivity contribution in [1.82, 2.24) is 15.3 Å². The Morgan fingerprint density at radius 3 is 2.55 bits per heavy atom. The van der Waals surface area contributed by atoms with Gasteiger partial charge >= 0.3 is 0 Å². The highest BCUT2D eigenvalue weighted by molar-refractivity contribution is 6.09. The summed E-state index contributed by atoms with van der Waals surface area (Å²) < 4.78 is 0. The van der Waals surface area contributed by atoms with Gasteiger partial charge in [-0.1, -0.05) is 30.8 Å². The van der Waals surface area contributed by atoms with Crippen molar-refractivity contribution in [2.24, 2.45) is 16.5 Å². The number of aromatic amines is 1. The van der Waals surface area contributed by atoms with Gasteiger partial charge in [-0.15, -0.1) is 0 Å². The summed E-state index contributed by atoms with van der Waals surface area (Å²) in [6.07, 6.45) is 1.51. The fourth-order valence-electron chi connectivity index (χ4n) is 2.60. The number of aromatic nitrogens is 2. The predicted octanol–water partition coefficient (Wildman–Crippen LogP) is 1.61. The Balaban J connectivity index is 1.71. The lowest BCUT2D eigenvalue weighted by atomic mass is 10.1. The van der Waals surface area contributed by atoms with Gasteiger partial charge in [-0.2, -0.15) is 0 Å². The summed E-state index contributed by atoms with van der Waals surface area (Å²) in [5, 5.41) is 11.4. The highest BCUT2D eigenvalue weighted by atomic mass is 16.3. The smallest absolute Gasteiger partial charge is 0.251 e. The first-order valence-corrected chi connectivity index (χ1v) is 8.92. The van der Waals surface area contributed by atoms with E-state index in [4.69, 9.17) is 16.6 Å². The van der Waals surface area contributed by atoms with Crippen molar-refractivity contribution in [2.45, 2.75) is 0 Å². The molecule has 148 valence electrons. The van der Waals surface area contributed by atoms with E-state index in [9.17, 15) is 4.79 Å². The maximum absolute atomic E-state index is 11.9. The number of allylic oxidation sites excluding steroid dienone is 1. The van der Waals surface area contributed by atoms with E-state index in [0.29, 0.717) is 17.0 Å². The first-order valence-electron chi connectivity index (χ1n) is 8.92. The maximum atomic E-state index is 11.9. The van der Waals surface area contributed by atoms with E-state index in [2.05, 4.69) is 26.9 Å². The molecule has 0 aliphatic carbocycles. The number of para-hydroxylation sites is 2. The monoisotopic (exact) mass is 390 g/mol. The third kappa shape index (κ3) is 4.69. The Kier molecular flexibility index (Phi) is 6.06. The van der Waals surface area contributed by atoms with Crippen molar-refractivity contribution in [1.29, 1.82) is 0 Å². The summed E-state index contributed by atoms with van der Waals surface area (Å²) in [7, 11) is 0. The number of aliphatic hydroxyl groups excluding tert-OH is 1. The lowest BCUT2D eigenvalue weighted by molar-refractivity contribution is 0.0945. The quantitative estimate of drug-likeness (QED) is 0.390. The van der Waals surface area contributed by atoms with Crippen LogP contribution in [-0.2, 0) is 0 Å². The molecule has 29 heavy (non-hydrogen) atoms. The van der Waals surface area contributed by atoms with Gasteiger partial charge in [0.1, 0.15) is 11.5 Å². The van der Waals surface area contributed by atoms with E-state index in [1.54, 1.807) is 24.3 Å². The zero-order valence-corrected chi connectivity index (χ0v) is 15.7. The number of nitrogens with two attached hydrogens (primary N) is 2. The normalized spacial score (nSPS) is 12.2. The van der Waals surface area contributed by atoms with Crippen molar-refractivity contribution in [3.63, 3.8) is 0 Å². The van der Waals surface area contributed by atoms with Gasteiger partial charge in [0.05, 0.1) is 17.6 Å². The van der Waals surface area contributed by atoms with Crippen molar-refractivity contribution in [3.8, 4) is 0 Å². The van der Waals surface area contributed by atoms with Crippen LogP contribution in [-0.4, -0.2) is 40.3 Å². The molecular formula is C21H22N6O2. The van der Waals surface area contributed by atoms with Crippen molar-refractivity contribution >= 4 is 34.4 Å². The molecule has 3 rings (SSSR count). The van der Waals surface area contributed by atoms with E-state index in [0.717, 1.165) is 16.6 Å². The minimum Gasteiger partial charge on any atom is -0.395 e. The van der Waals surface area contributed by atoms with E-state index in [-0.39, 0.29) is 30.6 Å². The molecule has 0 saturated heterocycles. The minimum atomic E-state index is -0.254. The van der Waals surface area contributed by atoms with Crippen LogP contribution in [0.1, 0.15) is 21.7 Å². The highest BCUT2D eigenvalue weighted by Crippen LogP contribution is 2.16. The zero-order chi connectivity index (χ0) is 20.8. The second-order valence-corrected chi connectivity index (χ2v) is 6.24. The molecule has 3 aromatic rings. The van der Waals surface area contributed by atoms with Crippen molar-refractivity contribution < 1.29 is 9.90 Å². The van der Waals surface area contributed by atoms with Crippen LogP contribution in [0.2, 0.25) is 0 Å². The molecule has 7 N–H and O–H groups in total. The van der Waals surface area contributed by atoms with Gasteiger partial charge in [-0.25, -0.2) is 9.98 Å². The number of aliphatic imine (C=N–C) groups is 1. The number of hydrogen-bond donors (Lipinski definition) is 5. The molecule has 1 amide bonds. The number of aliphatic hydroxyl groups is 1. The van der Waals surface area contributed by atoms with E-state index < -0.39 is 0 Å². The molecular weight excluding hydrogens is 368 g/mol. The molecule has 8 nitrogen and oxygen atoms in total. The predicted molar refractivity (Wildman–Crippen MR) is 115 cm³/mol. The SMILES string of the molecule is C=C(/C=N\C(N)=C(/N)c1nc2ccccc2[nH]1)c1ccc(C(=O)NCCO)cc1. The summed E-state index contributed by atoms with van der Waals surface area (Å²) in [4.78, 5) is 23.5. The molecule has 0 unspecified atom stereocenters. The number of imidazole rings is 1. The summed E-state index contributed by atoms with van der Waals surface area (Å²) in [6, 6.07) is 14.4. The summed E-state index contributed by atoms with van der Waals surface area (Å²) in [5.41, 5.74) is 15.8. The van der Waals surface area contributed by atoms with E-state index in [1.165, 1.54) is 6.21 Å². The maximum Gasteiger partial charge on any atom is 0.251 e. The first-order chi connectivity index (χ1) is 14.0. The number of benzene rings is 2. The molecule has 0 aliphatic heterocycles. The van der Waals surface area contributed by atoms with Crippen molar-refractivity contribution in [2.75, 3.05) is 13.2 Å². The summed E-state index contributed by atoms with van der Waals surface area (Å²) >= 11 is 0. The number of amides is 1.